The van der Waals surface area contributed by atoms with E-state index in [0.29, 0.717) is 12.6 Å². The van der Waals surface area contributed by atoms with E-state index in [1.807, 2.05) is 17.7 Å². The summed E-state index contributed by atoms with van der Waals surface area (Å²) in [7, 11) is 0. The minimum atomic E-state index is -0.259. The standard InChI is InChI=1S/C18H21FN2O/c1-13-10-18(22)14(11-20-16-4-2-3-5-16)12-21(13)17-8-6-15(19)7-9-17/h6-10,12,16,20H,2-5,11H2,1H3. The summed E-state index contributed by atoms with van der Waals surface area (Å²) in [6.07, 6.45) is 6.79. The van der Waals surface area contributed by atoms with Crippen LogP contribution in [0, 0.1) is 12.7 Å². The Morgan fingerprint density at radius 2 is 1.91 bits per heavy atom. The van der Waals surface area contributed by atoms with Crippen molar-refractivity contribution in [2.75, 3.05) is 0 Å². The molecule has 1 N–H and O–H groups in total. The molecule has 0 saturated heterocycles. The van der Waals surface area contributed by atoms with E-state index in [9.17, 15) is 9.18 Å². The number of rotatable bonds is 4. The molecule has 1 fully saturated rings. The van der Waals surface area contributed by atoms with Crippen molar-refractivity contribution in [2.24, 2.45) is 0 Å². The first-order valence-electron chi connectivity index (χ1n) is 7.85. The topological polar surface area (TPSA) is 34.0 Å². The van der Waals surface area contributed by atoms with Crippen molar-refractivity contribution < 1.29 is 4.39 Å². The van der Waals surface area contributed by atoms with Crippen LogP contribution in [0.25, 0.3) is 5.69 Å². The number of hydrogen-bond donors (Lipinski definition) is 1. The summed E-state index contributed by atoms with van der Waals surface area (Å²) in [6, 6.07) is 8.49. The van der Waals surface area contributed by atoms with Gasteiger partial charge in [-0.2, -0.15) is 0 Å². The molecule has 0 amide bonds. The Kier molecular flexibility index (Phi) is 4.39. The summed E-state index contributed by atoms with van der Waals surface area (Å²) in [5, 5.41) is 3.47. The fourth-order valence-electron chi connectivity index (χ4n) is 3.07. The summed E-state index contributed by atoms with van der Waals surface area (Å²) in [4.78, 5) is 12.2. The number of nitrogens with one attached hydrogen (secondary N) is 1. The van der Waals surface area contributed by atoms with E-state index in [-0.39, 0.29) is 11.2 Å². The molecule has 0 bridgehead atoms. The van der Waals surface area contributed by atoms with E-state index < -0.39 is 0 Å². The number of benzene rings is 1. The predicted octanol–water partition coefficient (Wildman–Crippen LogP) is 3.32. The first-order chi connectivity index (χ1) is 10.6. The van der Waals surface area contributed by atoms with Crippen LogP contribution in [-0.2, 0) is 6.54 Å². The fraction of sp³-hybridized carbons (Fsp3) is 0.389. The first kappa shape index (κ1) is 15.0. The van der Waals surface area contributed by atoms with Gasteiger partial charge in [-0.05, 0) is 44.0 Å². The van der Waals surface area contributed by atoms with E-state index in [4.69, 9.17) is 0 Å². The summed E-state index contributed by atoms with van der Waals surface area (Å²) >= 11 is 0. The van der Waals surface area contributed by atoms with Crippen LogP contribution in [0.3, 0.4) is 0 Å². The van der Waals surface area contributed by atoms with Crippen molar-refractivity contribution in [3.05, 3.63) is 63.8 Å². The minimum absolute atomic E-state index is 0.0568. The zero-order valence-electron chi connectivity index (χ0n) is 12.8. The van der Waals surface area contributed by atoms with Gasteiger partial charge in [-0.1, -0.05) is 12.8 Å². The Morgan fingerprint density at radius 1 is 1.23 bits per heavy atom. The lowest BCUT2D eigenvalue weighted by Crippen LogP contribution is -2.28. The largest absolute Gasteiger partial charge is 0.321 e. The highest BCUT2D eigenvalue weighted by Crippen LogP contribution is 2.18. The lowest BCUT2D eigenvalue weighted by Gasteiger charge is -2.15. The zero-order valence-corrected chi connectivity index (χ0v) is 12.8. The van der Waals surface area contributed by atoms with E-state index >= 15 is 0 Å². The molecular weight excluding hydrogens is 279 g/mol. The SMILES string of the molecule is Cc1cc(=O)c(CNC2CCCC2)cn1-c1ccc(F)cc1. The Morgan fingerprint density at radius 3 is 2.59 bits per heavy atom. The van der Waals surface area contributed by atoms with Gasteiger partial charge in [-0.25, -0.2) is 4.39 Å². The van der Waals surface area contributed by atoms with Crippen LogP contribution in [-0.4, -0.2) is 10.6 Å². The molecule has 22 heavy (non-hydrogen) atoms. The molecule has 2 aromatic rings. The van der Waals surface area contributed by atoms with Crippen LogP contribution in [0.2, 0.25) is 0 Å². The third-order valence-electron chi connectivity index (χ3n) is 4.36. The van der Waals surface area contributed by atoms with Crippen LogP contribution in [0.5, 0.6) is 0 Å². The number of hydrogen-bond acceptors (Lipinski definition) is 2. The molecule has 0 spiro atoms. The Labute approximate surface area is 129 Å². The van der Waals surface area contributed by atoms with Gasteiger partial charge in [0.05, 0.1) is 0 Å². The van der Waals surface area contributed by atoms with E-state index in [1.54, 1.807) is 18.2 Å². The summed E-state index contributed by atoms with van der Waals surface area (Å²) < 4.78 is 15.0. The molecule has 4 heteroatoms. The molecule has 0 radical (unpaired) electrons. The molecule has 3 rings (SSSR count). The van der Waals surface area contributed by atoms with E-state index in [1.165, 1.54) is 37.8 Å². The van der Waals surface area contributed by atoms with Crippen molar-refractivity contribution in [1.29, 1.82) is 0 Å². The molecule has 3 nitrogen and oxygen atoms in total. The molecule has 1 saturated carbocycles. The number of pyridine rings is 1. The van der Waals surface area contributed by atoms with Gasteiger partial charge < -0.3 is 9.88 Å². The maximum absolute atomic E-state index is 13.1. The highest BCUT2D eigenvalue weighted by Gasteiger charge is 2.15. The summed E-state index contributed by atoms with van der Waals surface area (Å²) in [5.74, 6) is -0.259. The van der Waals surface area contributed by atoms with Crippen LogP contribution in [0.4, 0.5) is 4.39 Å². The van der Waals surface area contributed by atoms with Gasteiger partial charge in [0.2, 0.25) is 0 Å². The normalized spacial score (nSPS) is 15.4. The Balaban J connectivity index is 1.85. The van der Waals surface area contributed by atoms with Crippen molar-refractivity contribution in [2.45, 2.75) is 45.2 Å². The Bertz CT molecular complexity index is 700. The molecule has 1 heterocycles. The fourth-order valence-corrected chi connectivity index (χ4v) is 3.07. The monoisotopic (exact) mass is 300 g/mol. The Hall–Kier alpha value is -1.94. The molecular formula is C18H21FN2O. The number of aromatic nitrogens is 1. The number of nitrogens with zero attached hydrogens (tertiary/aromatic N) is 1. The van der Waals surface area contributed by atoms with Crippen molar-refractivity contribution in [3.63, 3.8) is 0 Å². The molecule has 1 aromatic carbocycles. The second-order valence-electron chi connectivity index (χ2n) is 6.01. The van der Waals surface area contributed by atoms with Crippen LogP contribution in [0.15, 0.2) is 41.3 Å². The minimum Gasteiger partial charge on any atom is -0.321 e. The highest BCUT2D eigenvalue weighted by molar-refractivity contribution is 5.35. The average molecular weight is 300 g/mol. The predicted molar refractivity (Wildman–Crippen MR) is 85.8 cm³/mol. The van der Waals surface area contributed by atoms with Gasteiger partial charge >= 0.3 is 0 Å². The van der Waals surface area contributed by atoms with Crippen LogP contribution in [0.1, 0.15) is 36.9 Å². The quantitative estimate of drug-likeness (QED) is 0.940. The van der Waals surface area contributed by atoms with Gasteiger partial charge in [0.1, 0.15) is 5.82 Å². The van der Waals surface area contributed by atoms with Gasteiger partial charge in [0.15, 0.2) is 5.43 Å². The lowest BCUT2D eigenvalue weighted by atomic mass is 10.2. The van der Waals surface area contributed by atoms with Crippen LogP contribution >= 0.6 is 0 Å². The maximum atomic E-state index is 13.1. The van der Waals surface area contributed by atoms with Gasteiger partial charge in [0, 0.05) is 41.8 Å². The maximum Gasteiger partial charge on any atom is 0.186 e. The van der Waals surface area contributed by atoms with Crippen molar-refractivity contribution in [1.82, 2.24) is 9.88 Å². The molecule has 1 aliphatic carbocycles. The third kappa shape index (κ3) is 3.28. The van der Waals surface area contributed by atoms with Gasteiger partial charge in [0.25, 0.3) is 0 Å². The number of halogens is 1. The van der Waals surface area contributed by atoms with Crippen molar-refractivity contribution >= 4 is 0 Å². The smallest absolute Gasteiger partial charge is 0.186 e. The number of aryl methyl sites for hydroxylation is 1. The van der Waals surface area contributed by atoms with E-state index in [2.05, 4.69) is 5.32 Å². The average Bonchev–Trinajstić information content (AvgIpc) is 3.01. The summed E-state index contributed by atoms with van der Waals surface area (Å²) in [6.45, 7) is 2.48. The van der Waals surface area contributed by atoms with Gasteiger partial charge in [-0.15, -0.1) is 0 Å². The third-order valence-corrected chi connectivity index (χ3v) is 4.36. The molecule has 0 aliphatic heterocycles. The highest BCUT2D eigenvalue weighted by atomic mass is 19.1. The van der Waals surface area contributed by atoms with Crippen LogP contribution < -0.4 is 10.7 Å². The second-order valence-corrected chi connectivity index (χ2v) is 6.01. The molecule has 0 atom stereocenters. The van der Waals surface area contributed by atoms with Crippen molar-refractivity contribution in [3.8, 4) is 5.69 Å². The van der Waals surface area contributed by atoms with Gasteiger partial charge in [-0.3, -0.25) is 4.79 Å². The second kappa shape index (κ2) is 6.44. The lowest BCUT2D eigenvalue weighted by molar-refractivity contribution is 0.522. The molecule has 1 aromatic heterocycles. The first-order valence-corrected chi connectivity index (χ1v) is 7.85. The molecule has 116 valence electrons. The molecule has 1 aliphatic rings. The molecule has 0 unspecified atom stereocenters. The van der Waals surface area contributed by atoms with E-state index in [0.717, 1.165) is 16.9 Å². The summed E-state index contributed by atoms with van der Waals surface area (Å²) in [5.41, 5.74) is 2.52. The zero-order chi connectivity index (χ0) is 15.5.